The van der Waals surface area contributed by atoms with Crippen molar-refractivity contribution in [3.63, 3.8) is 0 Å². The molecule has 0 radical (unpaired) electrons. The summed E-state index contributed by atoms with van der Waals surface area (Å²) in [5.41, 5.74) is 0.256. The second-order valence-electron chi connectivity index (χ2n) is 4.49. The second-order valence-corrected chi connectivity index (χ2v) is 4.49. The van der Waals surface area contributed by atoms with Crippen LogP contribution in [0.2, 0.25) is 0 Å². The van der Waals surface area contributed by atoms with E-state index >= 15 is 0 Å². The highest BCUT2D eigenvalue weighted by atomic mass is 16.4. The van der Waals surface area contributed by atoms with Gasteiger partial charge in [-0.1, -0.05) is 43.0 Å². The predicted octanol–water partition coefficient (Wildman–Crippen LogP) is 3.11. The number of hydrogen-bond donors (Lipinski definition) is 1. The summed E-state index contributed by atoms with van der Waals surface area (Å²) in [6, 6.07) is 10.5. The van der Waals surface area contributed by atoms with Gasteiger partial charge in [0, 0.05) is 6.07 Å². The van der Waals surface area contributed by atoms with Gasteiger partial charge in [0.2, 0.25) is 0 Å². The Balaban J connectivity index is 2.25. The van der Waals surface area contributed by atoms with Gasteiger partial charge in [-0.3, -0.25) is 4.79 Å². The average Bonchev–Trinajstić information content (AvgIpc) is 2.44. The molecule has 1 aromatic carbocycles. The fraction of sp³-hybridized carbons (Fsp3) is 0.0588. The van der Waals surface area contributed by atoms with Gasteiger partial charge in [0.1, 0.15) is 17.1 Å². The van der Waals surface area contributed by atoms with Crippen LogP contribution in [0.5, 0.6) is 5.75 Å². The monoisotopic (exact) mass is 282 g/mol. The Morgan fingerprint density at radius 2 is 1.90 bits per heavy atom. The summed E-state index contributed by atoms with van der Waals surface area (Å²) >= 11 is 0. The smallest absolute Gasteiger partial charge is 0.351 e. The molecule has 0 fully saturated rings. The third kappa shape index (κ3) is 3.36. The van der Waals surface area contributed by atoms with Gasteiger partial charge in [0.25, 0.3) is 0 Å². The van der Waals surface area contributed by atoms with Crippen LogP contribution in [0.15, 0.2) is 64.3 Å². The molecule has 1 aromatic heterocycles. The lowest BCUT2D eigenvalue weighted by Gasteiger charge is -2.01. The van der Waals surface area contributed by atoms with Gasteiger partial charge in [-0.2, -0.15) is 0 Å². The summed E-state index contributed by atoms with van der Waals surface area (Å²) in [4.78, 5) is 23.6. The van der Waals surface area contributed by atoms with E-state index in [1.807, 2.05) is 30.3 Å². The van der Waals surface area contributed by atoms with Crippen molar-refractivity contribution in [1.29, 1.82) is 0 Å². The van der Waals surface area contributed by atoms with Crippen molar-refractivity contribution >= 4 is 11.4 Å². The Kier molecular flexibility index (Phi) is 4.18. The van der Waals surface area contributed by atoms with Crippen LogP contribution in [0.1, 0.15) is 21.7 Å². The van der Waals surface area contributed by atoms with E-state index in [1.54, 1.807) is 0 Å². The van der Waals surface area contributed by atoms with Crippen LogP contribution >= 0.6 is 0 Å². The molecule has 0 spiro atoms. The van der Waals surface area contributed by atoms with E-state index in [2.05, 4.69) is 6.58 Å². The largest absolute Gasteiger partial charge is 0.507 e. The first-order valence-electron chi connectivity index (χ1n) is 6.29. The van der Waals surface area contributed by atoms with Crippen molar-refractivity contribution in [2.75, 3.05) is 0 Å². The van der Waals surface area contributed by atoms with Gasteiger partial charge in [-0.05, 0) is 24.1 Å². The first-order valence-corrected chi connectivity index (χ1v) is 6.29. The number of ketones is 1. The van der Waals surface area contributed by atoms with Crippen molar-refractivity contribution in [3.05, 3.63) is 82.4 Å². The van der Waals surface area contributed by atoms with E-state index in [1.165, 1.54) is 25.1 Å². The van der Waals surface area contributed by atoms with Crippen LogP contribution in [0.25, 0.3) is 5.57 Å². The first-order chi connectivity index (χ1) is 9.99. The van der Waals surface area contributed by atoms with E-state index in [0.717, 1.165) is 5.56 Å². The van der Waals surface area contributed by atoms with Gasteiger partial charge >= 0.3 is 5.63 Å². The van der Waals surface area contributed by atoms with Gasteiger partial charge in [0.15, 0.2) is 5.78 Å². The van der Waals surface area contributed by atoms with Crippen LogP contribution in [-0.4, -0.2) is 10.9 Å². The van der Waals surface area contributed by atoms with Gasteiger partial charge in [-0.25, -0.2) is 4.79 Å². The number of allylic oxidation sites excluding steroid dienone is 3. The third-order valence-corrected chi connectivity index (χ3v) is 2.88. The Hall–Kier alpha value is -2.88. The highest BCUT2D eigenvalue weighted by Crippen LogP contribution is 2.17. The molecule has 21 heavy (non-hydrogen) atoms. The number of carbonyl (C=O) groups excluding carboxylic acids is 1. The zero-order valence-electron chi connectivity index (χ0n) is 11.5. The third-order valence-electron chi connectivity index (χ3n) is 2.88. The molecule has 4 nitrogen and oxygen atoms in total. The maximum absolute atomic E-state index is 12.0. The number of carbonyl (C=O) groups is 1. The van der Waals surface area contributed by atoms with Gasteiger partial charge in [-0.15, -0.1) is 0 Å². The molecule has 0 bridgehead atoms. The second kappa shape index (κ2) is 6.05. The number of rotatable bonds is 4. The summed E-state index contributed by atoms with van der Waals surface area (Å²) in [5.74, 6) is -0.770. The number of hydrogen-bond acceptors (Lipinski definition) is 4. The molecule has 0 saturated carbocycles. The molecule has 0 aliphatic rings. The fourth-order valence-corrected chi connectivity index (χ4v) is 1.83. The van der Waals surface area contributed by atoms with Crippen molar-refractivity contribution in [2.24, 2.45) is 0 Å². The van der Waals surface area contributed by atoms with Gasteiger partial charge in [0.05, 0.1) is 0 Å². The Morgan fingerprint density at radius 3 is 2.52 bits per heavy atom. The molecule has 1 heterocycles. The summed E-state index contributed by atoms with van der Waals surface area (Å²) in [5, 5.41) is 9.69. The van der Waals surface area contributed by atoms with Crippen LogP contribution in [0.4, 0.5) is 0 Å². The standard InChI is InChI=1S/C17H14O4/c1-11(13-6-4-3-5-7-13)8-9-14(18)16-15(19)10-12(2)21-17(16)20/h3-10,19H,1H2,2H3/b9-8+. The molecule has 2 rings (SSSR count). The number of benzene rings is 1. The molecule has 0 atom stereocenters. The van der Waals surface area contributed by atoms with Gasteiger partial charge < -0.3 is 9.52 Å². The van der Waals surface area contributed by atoms with Crippen LogP contribution < -0.4 is 5.63 Å². The van der Waals surface area contributed by atoms with Crippen LogP contribution in [0.3, 0.4) is 0 Å². The minimum Gasteiger partial charge on any atom is -0.507 e. The molecule has 1 N–H and O–H groups in total. The zero-order chi connectivity index (χ0) is 15.4. The molecule has 0 unspecified atom stereocenters. The summed E-state index contributed by atoms with van der Waals surface area (Å²) in [6.45, 7) is 5.36. The molecule has 0 saturated heterocycles. The Bertz CT molecular complexity index is 767. The lowest BCUT2D eigenvalue weighted by atomic mass is 10.1. The van der Waals surface area contributed by atoms with Crippen molar-refractivity contribution in [3.8, 4) is 5.75 Å². The number of aromatic hydroxyl groups is 1. The topological polar surface area (TPSA) is 67.5 Å². The molecule has 0 aliphatic carbocycles. The zero-order valence-corrected chi connectivity index (χ0v) is 11.5. The molecular weight excluding hydrogens is 268 g/mol. The molecule has 0 aliphatic heterocycles. The van der Waals surface area contributed by atoms with Crippen molar-refractivity contribution < 1.29 is 14.3 Å². The minimum absolute atomic E-state index is 0.242. The lowest BCUT2D eigenvalue weighted by Crippen LogP contribution is -2.13. The van der Waals surface area contributed by atoms with E-state index in [-0.39, 0.29) is 17.1 Å². The van der Waals surface area contributed by atoms with Crippen LogP contribution in [0, 0.1) is 6.92 Å². The van der Waals surface area contributed by atoms with Crippen molar-refractivity contribution in [1.82, 2.24) is 0 Å². The highest BCUT2D eigenvalue weighted by Gasteiger charge is 2.15. The fourth-order valence-electron chi connectivity index (χ4n) is 1.83. The highest BCUT2D eigenvalue weighted by molar-refractivity contribution is 6.07. The van der Waals surface area contributed by atoms with E-state index < -0.39 is 11.4 Å². The Labute approximate surface area is 121 Å². The van der Waals surface area contributed by atoms with E-state index in [9.17, 15) is 14.7 Å². The molecule has 2 aromatic rings. The predicted molar refractivity (Wildman–Crippen MR) is 80.3 cm³/mol. The molecular formula is C17H14O4. The quantitative estimate of drug-likeness (QED) is 0.531. The first kappa shape index (κ1) is 14.5. The maximum atomic E-state index is 12.0. The molecule has 106 valence electrons. The van der Waals surface area contributed by atoms with Crippen molar-refractivity contribution in [2.45, 2.75) is 6.92 Å². The molecule has 0 amide bonds. The summed E-state index contributed by atoms with van der Waals surface area (Å²) in [7, 11) is 0. The Morgan fingerprint density at radius 1 is 1.24 bits per heavy atom. The summed E-state index contributed by atoms with van der Waals surface area (Å²) < 4.78 is 4.81. The lowest BCUT2D eigenvalue weighted by molar-refractivity contribution is 0.104. The number of aryl methyl sites for hydroxylation is 1. The van der Waals surface area contributed by atoms with E-state index in [4.69, 9.17) is 4.42 Å². The van der Waals surface area contributed by atoms with Crippen LogP contribution in [-0.2, 0) is 0 Å². The minimum atomic E-state index is -0.854. The normalized spacial score (nSPS) is 10.7. The maximum Gasteiger partial charge on any atom is 0.351 e. The SMILES string of the molecule is C=C(/C=C/C(=O)c1c(O)cc(C)oc1=O)c1ccccc1. The average molecular weight is 282 g/mol. The molecule has 4 heteroatoms. The summed E-state index contributed by atoms with van der Waals surface area (Å²) in [6.07, 6.45) is 2.69. The van der Waals surface area contributed by atoms with E-state index in [0.29, 0.717) is 5.57 Å².